The average Bonchev–Trinajstić information content (AvgIpc) is 3.22. The molecule has 118 valence electrons. The highest BCUT2D eigenvalue weighted by molar-refractivity contribution is 5.85. The number of benzene rings is 1. The van der Waals surface area contributed by atoms with Crippen LogP contribution in [0.1, 0.15) is 56.6 Å². The van der Waals surface area contributed by atoms with Gasteiger partial charge in [0, 0.05) is 17.1 Å². The minimum atomic E-state index is 0.697. The Morgan fingerprint density at radius 2 is 1.91 bits per heavy atom. The molecule has 3 rings (SSSR count). The molecular formula is C19H27N3. The van der Waals surface area contributed by atoms with E-state index in [-0.39, 0.29) is 0 Å². The Labute approximate surface area is 133 Å². The number of H-pyrrole nitrogens is 1. The fraction of sp³-hybridized carbons (Fsp3) is 0.526. The van der Waals surface area contributed by atoms with E-state index in [9.17, 15) is 0 Å². The van der Waals surface area contributed by atoms with Gasteiger partial charge >= 0.3 is 0 Å². The highest BCUT2D eigenvalue weighted by Crippen LogP contribution is 2.37. The third kappa shape index (κ3) is 3.90. The largest absolute Gasteiger partial charge is 0.361 e. The molecular weight excluding hydrogens is 270 g/mol. The summed E-state index contributed by atoms with van der Waals surface area (Å²) in [4.78, 5) is 5.56. The normalized spacial score (nSPS) is 14.9. The zero-order valence-corrected chi connectivity index (χ0v) is 14.0. The van der Waals surface area contributed by atoms with E-state index in [0.29, 0.717) is 5.92 Å². The monoisotopic (exact) mass is 297 g/mol. The van der Waals surface area contributed by atoms with Crippen LogP contribution >= 0.6 is 0 Å². The maximum absolute atomic E-state index is 8.93. The van der Waals surface area contributed by atoms with Crippen molar-refractivity contribution >= 4 is 10.9 Å². The Bertz CT molecular complexity index is 626. The maximum Gasteiger partial charge on any atom is 0.0991 e. The van der Waals surface area contributed by atoms with E-state index in [4.69, 9.17) is 5.26 Å². The first-order valence-electron chi connectivity index (χ1n) is 8.39. The summed E-state index contributed by atoms with van der Waals surface area (Å²) in [6, 6.07) is 8.10. The molecule has 2 aromatic rings. The van der Waals surface area contributed by atoms with Gasteiger partial charge in [0.15, 0.2) is 0 Å². The lowest BCUT2D eigenvalue weighted by Gasteiger charge is -2.07. The van der Waals surface area contributed by atoms with Crippen molar-refractivity contribution in [3.8, 4) is 6.07 Å². The van der Waals surface area contributed by atoms with E-state index >= 15 is 0 Å². The summed E-state index contributed by atoms with van der Waals surface area (Å²) in [6.07, 6.45) is 7.40. The molecule has 1 heterocycles. The molecule has 0 spiro atoms. The van der Waals surface area contributed by atoms with Crippen molar-refractivity contribution in [1.82, 2.24) is 9.88 Å². The Kier molecular flexibility index (Phi) is 6.03. The summed E-state index contributed by atoms with van der Waals surface area (Å²) in [7, 11) is 2.11. The van der Waals surface area contributed by atoms with Gasteiger partial charge in [-0.3, -0.25) is 0 Å². The molecule has 0 bridgehead atoms. The minimum absolute atomic E-state index is 0.697. The third-order valence-corrected chi connectivity index (χ3v) is 4.72. The van der Waals surface area contributed by atoms with Crippen LogP contribution in [0.25, 0.3) is 10.9 Å². The van der Waals surface area contributed by atoms with Gasteiger partial charge in [0.1, 0.15) is 0 Å². The first-order valence-corrected chi connectivity index (χ1v) is 8.39. The molecule has 1 aromatic carbocycles. The van der Waals surface area contributed by atoms with Gasteiger partial charge in [0.05, 0.1) is 11.6 Å². The second-order valence-electron chi connectivity index (χ2n) is 6.09. The highest BCUT2D eigenvalue weighted by Gasteiger charge is 2.20. The van der Waals surface area contributed by atoms with Gasteiger partial charge in [-0.25, -0.2) is 0 Å². The molecule has 0 atom stereocenters. The van der Waals surface area contributed by atoms with Crippen LogP contribution in [0.15, 0.2) is 24.4 Å². The number of aromatic nitrogens is 1. The zero-order chi connectivity index (χ0) is 15.9. The first kappa shape index (κ1) is 16.6. The first-order chi connectivity index (χ1) is 10.7. The molecule has 0 amide bonds. The summed E-state index contributed by atoms with van der Waals surface area (Å²) in [6.45, 7) is 6.64. The number of rotatable bonds is 3. The predicted molar refractivity (Wildman–Crippen MR) is 93.1 cm³/mol. The molecule has 1 fully saturated rings. The van der Waals surface area contributed by atoms with Crippen molar-refractivity contribution < 1.29 is 0 Å². The number of fused-ring (bicyclic) bond motifs is 1. The summed E-state index contributed by atoms with van der Waals surface area (Å²) in [5.41, 5.74) is 3.32. The molecule has 1 aliphatic carbocycles. The van der Waals surface area contributed by atoms with Gasteiger partial charge < -0.3 is 9.88 Å². The maximum atomic E-state index is 8.93. The van der Waals surface area contributed by atoms with E-state index in [1.165, 1.54) is 36.6 Å². The Morgan fingerprint density at radius 3 is 2.45 bits per heavy atom. The number of nitrogens with one attached hydrogen (secondary N) is 1. The fourth-order valence-corrected chi connectivity index (χ4v) is 3.01. The third-order valence-electron chi connectivity index (χ3n) is 4.72. The highest BCUT2D eigenvalue weighted by atomic mass is 15.1. The molecule has 0 saturated heterocycles. The summed E-state index contributed by atoms with van der Waals surface area (Å²) >= 11 is 0. The van der Waals surface area contributed by atoms with Gasteiger partial charge in [-0.2, -0.15) is 5.26 Å². The number of nitriles is 1. The second-order valence-corrected chi connectivity index (χ2v) is 6.09. The topological polar surface area (TPSA) is 42.8 Å². The van der Waals surface area contributed by atoms with Crippen molar-refractivity contribution in [1.29, 1.82) is 5.26 Å². The van der Waals surface area contributed by atoms with Crippen molar-refractivity contribution in [2.24, 2.45) is 0 Å². The number of hydrogen-bond acceptors (Lipinski definition) is 2. The number of aromatic amines is 1. The molecule has 1 N–H and O–H groups in total. The van der Waals surface area contributed by atoms with Crippen LogP contribution in [-0.4, -0.2) is 30.0 Å². The smallest absolute Gasteiger partial charge is 0.0991 e. The summed E-state index contributed by atoms with van der Waals surface area (Å²) < 4.78 is 0. The second kappa shape index (κ2) is 8.00. The van der Waals surface area contributed by atoms with E-state index < -0.39 is 0 Å². The van der Waals surface area contributed by atoms with Gasteiger partial charge in [-0.1, -0.05) is 26.7 Å². The number of hydrogen-bond donors (Lipinski definition) is 1. The SMILES string of the molecule is CCN(C)CC.N#Cc1ccc2[nH]cc(C3CCCC3)c2c1. The molecule has 1 aliphatic rings. The van der Waals surface area contributed by atoms with Gasteiger partial charge in [-0.05, 0) is 62.7 Å². The summed E-state index contributed by atoms with van der Waals surface area (Å²) in [5.74, 6) is 0.697. The molecule has 0 unspecified atom stereocenters. The lowest BCUT2D eigenvalue weighted by Crippen LogP contribution is -2.15. The Morgan fingerprint density at radius 1 is 1.23 bits per heavy atom. The lowest BCUT2D eigenvalue weighted by molar-refractivity contribution is 0.373. The molecule has 3 heteroatoms. The van der Waals surface area contributed by atoms with Crippen LogP contribution in [0, 0.1) is 11.3 Å². The van der Waals surface area contributed by atoms with Crippen LogP contribution in [0.5, 0.6) is 0 Å². The zero-order valence-electron chi connectivity index (χ0n) is 14.0. The lowest BCUT2D eigenvalue weighted by atomic mass is 9.96. The van der Waals surface area contributed by atoms with Crippen LogP contribution in [0.3, 0.4) is 0 Å². The Hall–Kier alpha value is -1.79. The minimum Gasteiger partial charge on any atom is -0.361 e. The molecule has 1 aromatic heterocycles. The van der Waals surface area contributed by atoms with Crippen molar-refractivity contribution in [3.63, 3.8) is 0 Å². The Balaban J connectivity index is 0.000000254. The quantitative estimate of drug-likeness (QED) is 0.895. The van der Waals surface area contributed by atoms with Gasteiger partial charge in [0.2, 0.25) is 0 Å². The van der Waals surface area contributed by atoms with Gasteiger partial charge in [0.25, 0.3) is 0 Å². The predicted octanol–water partition coefficient (Wildman–Crippen LogP) is 4.66. The van der Waals surface area contributed by atoms with Crippen LogP contribution in [-0.2, 0) is 0 Å². The molecule has 0 aliphatic heterocycles. The molecule has 22 heavy (non-hydrogen) atoms. The van der Waals surface area contributed by atoms with E-state index in [1.54, 1.807) is 0 Å². The molecule has 1 saturated carbocycles. The van der Waals surface area contributed by atoms with Crippen LogP contribution in [0.2, 0.25) is 0 Å². The van der Waals surface area contributed by atoms with Crippen LogP contribution < -0.4 is 0 Å². The molecule has 0 radical (unpaired) electrons. The number of nitrogens with zero attached hydrogens (tertiary/aromatic N) is 2. The average molecular weight is 297 g/mol. The van der Waals surface area contributed by atoms with E-state index in [2.05, 4.69) is 43.0 Å². The molecule has 3 nitrogen and oxygen atoms in total. The standard InChI is InChI=1S/C14H14N2.C5H13N/c15-8-10-5-6-14-12(7-10)13(9-16-14)11-3-1-2-4-11;1-4-6(3)5-2/h5-7,9,11,16H,1-4H2;4-5H2,1-3H3. The van der Waals surface area contributed by atoms with Gasteiger partial charge in [-0.15, -0.1) is 0 Å². The van der Waals surface area contributed by atoms with E-state index in [1.807, 2.05) is 18.2 Å². The van der Waals surface area contributed by atoms with Crippen molar-refractivity contribution in [3.05, 3.63) is 35.5 Å². The summed E-state index contributed by atoms with van der Waals surface area (Å²) in [5, 5.41) is 10.2. The van der Waals surface area contributed by atoms with Crippen LogP contribution in [0.4, 0.5) is 0 Å². The fourth-order valence-electron chi connectivity index (χ4n) is 3.01. The van der Waals surface area contributed by atoms with Crippen molar-refractivity contribution in [2.45, 2.75) is 45.4 Å². The van der Waals surface area contributed by atoms with E-state index in [0.717, 1.165) is 24.2 Å². The van der Waals surface area contributed by atoms with Crippen molar-refractivity contribution in [2.75, 3.05) is 20.1 Å².